The average Bonchev–Trinajstić information content (AvgIpc) is 3.67. The summed E-state index contributed by atoms with van der Waals surface area (Å²) >= 11 is 1.96. The van der Waals surface area contributed by atoms with E-state index >= 15 is 0 Å². The lowest BCUT2D eigenvalue weighted by atomic mass is 9.35. The third kappa shape index (κ3) is 3.44. The van der Waals surface area contributed by atoms with E-state index in [1.807, 2.05) is 37.9 Å². The van der Waals surface area contributed by atoms with E-state index in [1.54, 1.807) is 0 Å². The minimum Gasteiger partial charge on any atom is -0.295 e. The number of carbonyl (C=O) groups is 2. The van der Waals surface area contributed by atoms with Crippen molar-refractivity contribution in [3.63, 3.8) is 0 Å². The highest BCUT2D eigenvalue weighted by Crippen LogP contribution is 2.73. The van der Waals surface area contributed by atoms with Crippen LogP contribution in [-0.2, 0) is 9.59 Å². The number of Topliss-reactive ketones (excluding diaryl/α,β-unsaturated/α-hetero) is 1. The van der Waals surface area contributed by atoms with Gasteiger partial charge in [-0.2, -0.15) is 5.26 Å². The smallest absolute Gasteiger partial charge is 0.178 e. The number of carbonyl (C=O) groups excluding carboxylic acids is 2. The van der Waals surface area contributed by atoms with Crippen molar-refractivity contribution in [3.05, 3.63) is 23.3 Å². The first-order valence-corrected chi connectivity index (χ1v) is 15.9. The molecule has 0 spiro atoms. The zero-order valence-corrected chi connectivity index (χ0v) is 25.3. The van der Waals surface area contributed by atoms with Crippen LogP contribution in [0.1, 0.15) is 106 Å². The number of hydrogen-bond donors (Lipinski definition) is 1. The molecule has 0 bridgehead atoms. The minimum absolute atomic E-state index is 0.00896. The van der Waals surface area contributed by atoms with E-state index in [1.165, 1.54) is 24.8 Å². The fourth-order valence-corrected chi connectivity index (χ4v) is 11.3. The lowest BCUT2D eigenvalue weighted by Gasteiger charge is -2.69. The molecule has 6 rings (SSSR count). The average molecular weight is 535 g/mol. The number of nitrogens with zero attached hydrogens (tertiary/aromatic N) is 1. The van der Waals surface area contributed by atoms with Crippen molar-refractivity contribution in [2.75, 3.05) is 0 Å². The van der Waals surface area contributed by atoms with Crippen LogP contribution in [0.4, 0.5) is 0 Å². The molecule has 0 heterocycles. The molecule has 1 N–H and O–H groups in total. The van der Waals surface area contributed by atoms with Gasteiger partial charge in [0.25, 0.3) is 0 Å². The first-order chi connectivity index (χ1) is 17.6. The van der Waals surface area contributed by atoms with Crippen molar-refractivity contribution >= 4 is 23.5 Å². The van der Waals surface area contributed by atoms with Gasteiger partial charge in [-0.05, 0) is 91.9 Å². The van der Waals surface area contributed by atoms with E-state index in [4.69, 9.17) is 0 Å². The number of fused-ring (bicyclic) bond motifs is 7. The molecule has 4 saturated carbocycles. The maximum absolute atomic E-state index is 14.5. The number of ketones is 2. The van der Waals surface area contributed by atoms with E-state index in [0.29, 0.717) is 11.7 Å². The van der Waals surface area contributed by atoms with Crippen LogP contribution in [0.2, 0.25) is 0 Å². The van der Waals surface area contributed by atoms with Crippen molar-refractivity contribution in [1.29, 1.82) is 5.26 Å². The molecule has 4 nitrogen and oxygen atoms in total. The van der Waals surface area contributed by atoms with Gasteiger partial charge in [-0.1, -0.05) is 72.1 Å². The second-order valence-electron chi connectivity index (χ2n) is 15.8. The van der Waals surface area contributed by atoms with Gasteiger partial charge in [-0.3, -0.25) is 14.3 Å². The standard InChI is InChI=1S/C33H46N2O2S/c1-28(2)12-14-33(35-38-21-8-9-21)15-13-32(7)26(22(33)18-28)23(36)16-25-30(5)17-20(19-34)27(37)29(3,4)24(30)10-11-31(25,32)6/h16-17,21-22,24,26,35H,8-15,18H2,1-7H3/t22?,24-,26?,30-,31+,32+,33-/m0/s1. The summed E-state index contributed by atoms with van der Waals surface area (Å²) < 4.78 is 4.03. The van der Waals surface area contributed by atoms with Gasteiger partial charge in [0.15, 0.2) is 11.6 Å². The summed E-state index contributed by atoms with van der Waals surface area (Å²) in [4.78, 5) is 27.8. The molecule has 0 radical (unpaired) electrons. The summed E-state index contributed by atoms with van der Waals surface area (Å²) in [5.41, 5.74) is 0.404. The van der Waals surface area contributed by atoms with Crippen LogP contribution in [0, 0.1) is 56.2 Å². The highest BCUT2D eigenvalue weighted by atomic mass is 32.2. The fraction of sp³-hybridized carbons (Fsp3) is 0.788. The number of allylic oxidation sites excluding steroid dienone is 4. The molecule has 4 fully saturated rings. The van der Waals surface area contributed by atoms with Gasteiger partial charge in [0.1, 0.15) is 6.07 Å². The molecule has 0 aromatic rings. The second-order valence-corrected chi connectivity index (χ2v) is 16.9. The Hall–Kier alpha value is -1.38. The van der Waals surface area contributed by atoms with E-state index in [2.05, 4.69) is 45.4 Å². The molecule has 0 aromatic heterocycles. The zero-order chi connectivity index (χ0) is 27.5. The first-order valence-electron chi connectivity index (χ1n) is 15.0. The quantitative estimate of drug-likeness (QED) is 0.383. The Balaban J connectivity index is 1.48. The zero-order valence-electron chi connectivity index (χ0n) is 24.5. The Morgan fingerprint density at radius 2 is 1.63 bits per heavy atom. The van der Waals surface area contributed by atoms with Gasteiger partial charge in [-0.25, -0.2) is 0 Å². The first kappa shape index (κ1) is 26.8. The van der Waals surface area contributed by atoms with Crippen molar-refractivity contribution in [3.8, 4) is 6.07 Å². The van der Waals surface area contributed by atoms with Crippen molar-refractivity contribution in [2.45, 2.75) is 117 Å². The summed E-state index contributed by atoms with van der Waals surface area (Å²) in [5.74, 6) is 0.699. The van der Waals surface area contributed by atoms with Crippen LogP contribution >= 0.6 is 11.9 Å². The molecular formula is C33H46N2O2S. The van der Waals surface area contributed by atoms with E-state index in [-0.39, 0.29) is 45.0 Å². The predicted octanol–water partition coefficient (Wildman–Crippen LogP) is 7.36. The molecule has 6 aliphatic carbocycles. The van der Waals surface area contributed by atoms with Crippen LogP contribution in [0.25, 0.3) is 0 Å². The number of nitriles is 1. The van der Waals surface area contributed by atoms with E-state index in [9.17, 15) is 14.9 Å². The highest BCUT2D eigenvalue weighted by Gasteiger charge is 2.69. The number of rotatable bonds is 3. The molecule has 5 heteroatoms. The van der Waals surface area contributed by atoms with Crippen LogP contribution in [0.3, 0.4) is 0 Å². The Bertz CT molecular complexity index is 1200. The molecule has 38 heavy (non-hydrogen) atoms. The summed E-state index contributed by atoms with van der Waals surface area (Å²) in [7, 11) is 0. The third-order valence-electron chi connectivity index (χ3n) is 12.8. The lowest BCUT2D eigenvalue weighted by Crippen LogP contribution is -2.68. The van der Waals surface area contributed by atoms with Gasteiger partial charge in [-0.15, -0.1) is 0 Å². The molecule has 0 aliphatic heterocycles. The van der Waals surface area contributed by atoms with Crippen LogP contribution in [-0.4, -0.2) is 22.4 Å². The Kier molecular flexibility index (Phi) is 5.71. The molecular weight excluding hydrogens is 488 g/mol. The van der Waals surface area contributed by atoms with E-state index < -0.39 is 10.8 Å². The molecule has 0 saturated heterocycles. The minimum atomic E-state index is -0.614. The summed E-state index contributed by atoms with van der Waals surface area (Å²) in [6.45, 7) is 15.9. The number of nitrogens with one attached hydrogen (secondary N) is 1. The van der Waals surface area contributed by atoms with Crippen molar-refractivity contribution < 1.29 is 9.59 Å². The Morgan fingerprint density at radius 3 is 2.29 bits per heavy atom. The largest absolute Gasteiger partial charge is 0.295 e. The topological polar surface area (TPSA) is 70.0 Å². The summed E-state index contributed by atoms with van der Waals surface area (Å²) in [6.07, 6.45) is 14.2. The van der Waals surface area contributed by atoms with Crippen molar-refractivity contribution in [2.24, 2.45) is 44.8 Å². The maximum Gasteiger partial charge on any atom is 0.178 e. The Labute approximate surface area is 234 Å². The van der Waals surface area contributed by atoms with Gasteiger partial charge >= 0.3 is 0 Å². The van der Waals surface area contributed by atoms with Crippen LogP contribution in [0.15, 0.2) is 23.3 Å². The molecule has 7 atom stereocenters. The van der Waals surface area contributed by atoms with Crippen LogP contribution in [0.5, 0.6) is 0 Å². The maximum atomic E-state index is 14.5. The molecule has 6 aliphatic rings. The molecule has 0 amide bonds. The Morgan fingerprint density at radius 1 is 0.947 bits per heavy atom. The van der Waals surface area contributed by atoms with Gasteiger partial charge in [0, 0.05) is 27.5 Å². The predicted molar refractivity (Wildman–Crippen MR) is 153 cm³/mol. The SMILES string of the molecule is CC1(C)CC[C@]2(NSC3CC3)CC[C@]3(C)C(C(=O)C=C4[C@@]5(C)C=C(C#N)C(=O)C(C)(C)[C@@H]5CC[C@]43C)C2C1. The second kappa shape index (κ2) is 8.10. The monoisotopic (exact) mass is 534 g/mol. The molecule has 2 unspecified atom stereocenters. The highest BCUT2D eigenvalue weighted by molar-refractivity contribution is 7.98. The van der Waals surface area contributed by atoms with Crippen LogP contribution < -0.4 is 4.72 Å². The van der Waals surface area contributed by atoms with Gasteiger partial charge in [0.2, 0.25) is 0 Å². The fourth-order valence-electron chi connectivity index (χ4n) is 10.2. The summed E-state index contributed by atoms with van der Waals surface area (Å²) in [6, 6.07) is 2.22. The number of hydrogen-bond acceptors (Lipinski definition) is 5. The van der Waals surface area contributed by atoms with Gasteiger partial charge < -0.3 is 0 Å². The normalized spacial score (nSPS) is 46.9. The lowest BCUT2D eigenvalue weighted by molar-refractivity contribution is -0.159. The third-order valence-corrected chi connectivity index (χ3v) is 14.1. The van der Waals surface area contributed by atoms with E-state index in [0.717, 1.165) is 43.8 Å². The molecule has 0 aromatic carbocycles. The van der Waals surface area contributed by atoms with Crippen molar-refractivity contribution in [1.82, 2.24) is 4.72 Å². The van der Waals surface area contributed by atoms with Gasteiger partial charge in [0.05, 0.1) is 5.57 Å². The summed E-state index contributed by atoms with van der Waals surface area (Å²) in [5, 5.41) is 10.7. The molecule has 206 valence electrons.